The average molecular weight is 302 g/mol. The minimum absolute atomic E-state index is 0.278. The van der Waals surface area contributed by atoms with Crippen molar-refractivity contribution in [3.05, 3.63) is 45.0 Å². The van der Waals surface area contributed by atoms with E-state index in [2.05, 4.69) is 4.98 Å². The molecule has 0 spiro atoms. The first-order chi connectivity index (χ1) is 8.52. The predicted molar refractivity (Wildman–Crippen MR) is 74.5 cm³/mol. The lowest BCUT2D eigenvalue weighted by Crippen LogP contribution is -1.96. The summed E-state index contributed by atoms with van der Waals surface area (Å²) >= 11 is 17.8. The smallest absolute Gasteiger partial charge is 0.151 e. The third kappa shape index (κ3) is 2.43. The third-order valence-corrected chi connectivity index (χ3v) is 3.57. The molecule has 0 saturated carbocycles. The summed E-state index contributed by atoms with van der Waals surface area (Å²) in [5.41, 5.74) is 7.43. The second-order valence-corrected chi connectivity index (χ2v) is 4.77. The zero-order valence-corrected chi connectivity index (χ0v) is 11.2. The van der Waals surface area contributed by atoms with Gasteiger partial charge in [-0.2, -0.15) is 0 Å². The summed E-state index contributed by atoms with van der Waals surface area (Å²) < 4.78 is 0. The monoisotopic (exact) mass is 300 g/mol. The van der Waals surface area contributed by atoms with Crippen LogP contribution in [0, 0.1) is 0 Å². The molecule has 0 aliphatic carbocycles. The Morgan fingerprint density at radius 3 is 2.28 bits per heavy atom. The number of benzene rings is 1. The van der Waals surface area contributed by atoms with Gasteiger partial charge in [-0.05, 0) is 23.8 Å². The van der Waals surface area contributed by atoms with Crippen molar-refractivity contribution in [2.75, 3.05) is 5.73 Å². The fraction of sp³-hybridized carbons (Fsp3) is 0. The standard InChI is InChI=1S/C12H7Cl3N2O/c13-9-2-7(3-10(14)11(9)15)8-1-6(5-18)4-17-12(8)16/h1-5H,(H2,16,17). The molecular weight excluding hydrogens is 295 g/mol. The van der Waals surface area contributed by atoms with Gasteiger partial charge in [0.05, 0.1) is 15.1 Å². The van der Waals surface area contributed by atoms with Crippen molar-refractivity contribution in [2.24, 2.45) is 0 Å². The highest BCUT2D eigenvalue weighted by molar-refractivity contribution is 6.48. The number of nitrogen functional groups attached to an aromatic ring is 1. The van der Waals surface area contributed by atoms with Crippen LogP contribution < -0.4 is 5.73 Å². The molecule has 1 heterocycles. The summed E-state index contributed by atoms with van der Waals surface area (Å²) in [7, 11) is 0. The molecule has 18 heavy (non-hydrogen) atoms. The van der Waals surface area contributed by atoms with E-state index >= 15 is 0 Å². The summed E-state index contributed by atoms with van der Waals surface area (Å²) in [5.74, 6) is 0.287. The van der Waals surface area contributed by atoms with Gasteiger partial charge in [-0.1, -0.05) is 34.8 Å². The Kier molecular flexibility index (Phi) is 3.76. The van der Waals surface area contributed by atoms with Crippen LogP contribution >= 0.6 is 34.8 Å². The number of hydrogen-bond acceptors (Lipinski definition) is 3. The summed E-state index contributed by atoms with van der Waals surface area (Å²) in [6.07, 6.45) is 2.08. The molecule has 0 radical (unpaired) electrons. The van der Waals surface area contributed by atoms with E-state index in [0.717, 1.165) is 0 Å². The van der Waals surface area contributed by atoms with E-state index in [1.54, 1.807) is 18.2 Å². The van der Waals surface area contributed by atoms with E-state index in [1.165, 1.54) is 6.20 Å². The zero-order chi connectivity index (χ0) is 13.3. The van der Waals surface area contributed by atoms with Gasteiger partial charge < -0.3 is 5.73 Å². The van der Waals surface area contributed by atoms with Gasteiger partial charge in [-0.25, -0.2) is 4.98 Å². The Labute approximate surface area is 118 Å². The number of aromatic nitrogens is 1. The van der Waals surface area contributed by atoms with E-state index in [0.29, 0.717) is 33.0 Å². The van der Waals surface area contributed by atoms with Crippen molar-refractivity contribution < 1.29 is 4.79 Å². The maximum atomic E-state index is 10.7. The maximum Gasteiger partial charge on any atom is 0.151 e. The number of hydrogen-bond donors (Lipinski definition) is 1. The summed E-state index contributed by atoms with van der Waals surface area (Å²) in [5, 5.41) is 0.908. The molecule has 0 bridgehead atoms. The van der Waals surface area contributed by atoms with E-state index in [1.807, 2.05) is 0 Å². The molecule has 0 saturated heterocycles. The number of carbonyl (C=O) groups is 1. The van der Waals surface area contributed by atoms with Crippen LogP contribution in [0.5, 0.6) is 0 Å². The molecule has 2 N–H and O–H groups in total. The van der Waals surface area contributed by atoms with Crippen LogP contribution in [0.4, 0.5) is 5.82 Å². The molecular formula is C12H7Cl3N2O. The lowest BCUT2D eigenvalue weighted by Gasteiger charge is -2.08. The Hall–Kier alpha value is -1.29. The van der Waals surface area contributed by atoms with Gasteiger partial charge in [-0.15, -0.1) is 0 Å². The van der Waals surface area contributed by atoms with Crippen molar-refractivity contribution >= 4 is 46.9 Å². The van der Waals surface area contributed by atoms with E-state index in [4.69, 9.17) is 40.5 Å². The summed E-state index contributed by atoms with van der Waals surface area (Å²) in [6, 6.07) is 4.86. The van der Waals surface area contributed by atoms with Gasteiger partial charge in [-0.3, -0.25) is 4.79 Å². The minimum atomic E-state index is 0.278. The number of nitrogens with two attached hydrogens (primary N) is 1. The molecule has 0 unspecified atom stereocenters. The maximum absolute atomic E-state index is 10.7. The molecule has 1 aromatic carbocycles. The van der Waals surface area contributed by atoms with Crippen LogP contribution in [0.25, 0.3) is 11.1 Å². The number of rotatable bonds is 2. The molecule has 0 amide bonds. The number of nitrogens with zero attached hydrogens (tertiary/aromatic N) is 1. The van der Waals surface area contributed by atoms with Gasteiger partial charge >= 0.3 is 0 Å². The van der Waals surface area contributed by atoms with E-state index < -0.39 is 0 Å². The second-order valence-electron chi connectivity index (χ2n) is 3.57. The first kappa shape index (κ1) is 13.1. The first-order valence-electron chi connectivity index (χ1n) is 4.88. The highest BCUT2D eigenvalue weighted by atomic mass is 35.5. The Bertz CT molecular complexity index is 606. The molecule has 2 aromatic rings. The van der Waals surface area contributed by atoms with Crippen LogP contribution in [-0.4, -0.2) is 11.3 Å². The topological polar surface area (TPSA) is 56.0 Å². The van der Waals surface area contributed by atoms with Gasteiger partial charge in [0, 0.05) is 17.3 Å². The Morgan fingerprint density at radius 1 is 1.11 bits per heavy atom. The van der Waals surface area contributed by atoms with Crippen molar-refractivity contribution in [3.8, 4) is 11.1 Å². The summed E-state index contributed by atoms with van der Waals surface area (Å²) in [4.78, 5) is 14.7. The molecule has 1 aromatic heterocycles. The van der Waals surface area contributed by atoms with Gasteiger partial charge in [0.15, 0.2) is 6.29 Å². The summed E-state index contributed by atoms with van der Waals surface area (Å²) in [6.45, 7) is 0. The van der Waals surface area contributed by atoms with Crippen molar-refractivity contribution in [3.63, 3.8) is 0 Å². The van der Waals surface area contributed by atoms with Crippen molar-refractivity contribution in [1.82, 2.24) is 4.98 Å². The highest BCUT2D eigenvalue weighted by Crippen LogP contribution is 2.36. The normalized spacial score (nSPS) is 10.4. The molecule has 6 heteroatoms. The third-order valence-electron chi connectivity index (χ3n) is 2.37. The lowest BCUT2D eigenvalue weighted by molar-refractivity contribution is 0.112. The fourth-order valence-electron chi connectivity index (χ4n) is 1.50. The van der Waals surface area contributed by atoms with Gasteiger partial charge in [0.1, 0.15) is 5.82 Å². The lowest BCUT2D eigenvalue weighted by atomic mass is 10.1. The van der Waals surface area contributed by atoms with Crippen molar-refractivity contribution in [1.29, 1.82) is 0 Å². The zero-order valence-electron chi connectivity index (χ0n) is 8.95. The SMILES string of the molecule is Nc1ncc(C=O)cc1-c1cc(Cl)c(Cl)c(Cl)c1. The Balaban J connectivity index is 2.65. The Morgan fingerprint density at radius 2 is 1.72 bits per heavy atom. The minimum Gasteiger partial charge on any atom is -0.383 e. The number of pyridine rings is 1. The first-order valence-corrected chi connectivity index (χ1v) is 6.02. The molecule has 0 atom stereocenters. The second kappa shape index (κ2) is 5.14. The van der Waals surface area contributed by atoms with Gasteiger partial charge in [0.25, 0.3) is 0 Å². The van der Waals surface area contributed by atoms with Gasteiger partial charge in [0.2, 0.25) is 0 Å². The van der Waals surface area contributed by atoms with Crippen LogP contribution in [0.3, 0.4) is 0 Å². The number of anilines is 1. The van der Waals surface area contributed by atoms with Crippen LogP contribution in [0.15, 0.2) is 24.4 Å². The quantitative estimate of drug-likeness (QED) is 0.671. The molecule has 0 aliphatic rings. The fourth-order valence-corrected chi connectivity index (χ4v) is 2.09. The van der Waals surface area contributed by atoms with Crippen LogP contribution in [-0.2, 0) is 0 Å². The van der Waals surface area contributed by atoms with Crippen molar-refractivity contribution in [2.45, 2.75) is 0 Å². The number of carbonyl (C=O) groups excluding carboxylic acids is 1. The molecule has 0 aliphatic heterocycles. The van der Waals surface area contributed by atoms with Crippen LogP contribution in [0.2, 0.25) is 15.1 Å². The van der Waals surface area contributed by atoms with Crippen LogP contribution in [0.1, 0.15) is 10.4 Å². The molecule has 92 valence electrons. The van der Waals surface area contributed by atoms with E-state index in [-0.39, 0.29) is 10.8 Å². The molecule has 3 nitrogen and oxygen atoms in total. The molecule has 0 fully saturated rings. The predicted octanol–water partition coefficient (Wildman–Crippen LogP) is 4.10. The number of aldehydes is 1. The average Bonchev–Trinajstić information content (AvgIpc) is 2.36. The largest absolute Gasteiger partial charge is 0.383 e. The van der Waals surface area contributed by atoms with E-state index in [9.17, 15) is 4.79 Å². The number of halogens is 3. The molecule has 2 rings (SSSR count). The highest BCUT2D eigenvalue weighted by Gasteiger charge is 2.11.